The Labute approximate surface area is 370 Å². The van der Waals surface area contributed by atoms with Crippen LogP contribution in [0.2, 0.25) is 0 Å². The topological polar surface area (TPSA) is 253 Å². The smallest absolute Gasteiger partial charge is 0.462 e. The fraction of sp³-hybridized carbons (Fsp3) is 0.841. The second-order valence-electron chi connectivity index (χ2n) is 16.9. The molecule has 0 aromatic rings. The molecule has 1 aliphatic rings. The van der Waals surface area contributed by atoms with E-state index in [-0.39, 0.29) is 31.0 Å². The minimum absolute atomic E-state index is 0.0543. The predicted molar refractivity (Wildman–Crippen MR) is 236 cm³/mol. The van der Waals surface area contributed by atoms with Gasteiger partial charge in [0.2, 0.25) is 0 Å². The zero-order chi connectivity index (χ0) is 46.2. The monoisotopic (exact) mass is 926 g/mol. The summed E-state index contributed by atoms with van der Waals surface area (Å²) >= 11 is 0. The molecule has 7 atom stereocenters. The van der Waals surface area contributed by atoms with Gasteiger partial charge in [-0.05, 0) is 38.0 Å². The van der Waals surface area contributed by atoms with E-state index in [1.165, 1.54) is 51.4 Å². The van der Waals surface area contributed by atoms with Crippen molar-refractivity contribution in [3.05, 3.63) is 24.3 Å². The predicted octanol–water partition coefficient (Wildman–Crippen LogP) is 8.34. The molecule has 6 N–H and O–H groups in total. The van der Waals surface area contributed by atoms with Crippen molar-refractivity contribution in [2.24, 2.45) is 17.8 Å². The van der Waals surface area contributed by atoms with E-state index in [1.807, 2.05) is 12.2 Å². The Morgan fingerprint density at radius 2 is 1.29 bits per heavy atom. The molecule has 1 aliphatic carbocycles. The number of phosphoric ester groups is 2. The number of carbonyl (C=O) groups is 3. The van der Waals surface area contributed by atoms with Gasteiger partial charge in [0, 0.05) is 31.1 Å². The van der Waals surface area contributed by atoms with Crippen LogP contribution in [-0.4, -0.2) is 98.6 Å². The van der Waals surface area contributed by atoms with Gasteiger partial charge in [0.1, 0.15) is 18.5 Å². The van der Waals surface area contributed by atoms with E-state index < -0.39 is 84.3 Å². The average molecular weight is 927 g/mol. The Morgan fingerprint density at radius 1 is 0.726 bits per heavy atom. The maximum Gasteiger partial charge on any atom is 0.472 e. The van der Waals surface area contributed by atoms with Crippen LogP contribution in [0.4, 0.5) is 0 Å². The van der Waals surface area contributed by atoms with Crippen LogP contribution < -0.4 is 0 Å². The van der Waals surface area contributed by atoms with E-state index in [9.17, 15) is 43.7 Å². The Kier molecular flexibility index (Phi) is 32.4. The number of phosphoric acid groups is 2. The number of aliphatic hydroxyl groups excluding tert-OH is 3. The number of carbonyl (C=O) groups excluding carboxylic acids is 3. The molecular weight excluding hydrogens is 846 g/mol. The molecule has 1 unspecified atom stereocenters. The molecule has 0 aliphatic heterocycles. The van der Waals surface area contributed by atoms with Gasteiger partial charge in [0.15, 0.2) is 6.10 Å². The third-order valence-corrected chi connectivity index (χ3v) is 12.1. The van der Waals surface area contributed by atoms with E-state index in [0.29, 0.717) is 32.1 Å². The summed E-state index contributed by atoms with van der Waals surface area (Å²) < 4.78 is 47.8. The Bertz CT molecular complexity index is 1370. The first-order chi connectivity index (χ1) is 29.4. The van der Waals surface area contributed by atoms with E-state index in [4.69, 9.17) is 23.8 Å². The van der Waals surface area contributed by atoms with Gasteiger partial charge in [-0.1, -0.05) is 141 Å². The molecule has 1 saturated carbocycles. The van der Waals surface area contributed by atoms with Crippen molar-refractivity contribution in [2.45, 2.75) is 193 Å². The number of hydrogen-bond acceptors (Lipinski definition) is 13. The van der Waals surface area contributed by atoms with Gasteiger partial charge in [-0.2, -0.15) is 0 Å². The first kappa shape index (κ1) is 58.2. The highest BCUT2D eigenvalue weighted by molar-refractivity contribution is 7.47. The lowest BCUT2D eigenvalue weighted by molar-refractivity contribution is -0.161. The van der Waals surface area contributed by atoms with Gasteiger partial charge < -0.3 is 39.5 Å². The van der Waals surface area contributed by atoms with Crippen molar-refractivity contribution in [1.29, 1.82) is 0 Å². The van der Waals surface area contributed by atoms with Crippen LogP contribution in [-0.2, 0) is 46.6 Å². The highest BCUT2D eigenvalue weighted by Crippen LogP contribution is 2.44. The Morgan fingerprint density at radius 3 is 1.90 bits per heavy atom. The summed E-state index contributed by atoms with van der Waals surface area (Å²) in [5, 5.41) is 30.5. The van der Waals surface area contributed by atoms with Crippen LogP contribution in [0.3, 0.4) is 0 Å². The molecule has 1 fully saturated rings. The SMILES string of the molecule is CCCCC[C@H](O)/C=C/[C@H]1C(=O)C[C@H](O)[C@@H]1C/C=C\CCCC(=O)O[C@H](COC(=O)CCCCCCCCCCCCCCC(C)C)COP(=O)(O)OC[C@@H](O)COP(=O)(O)O. The lowest BCUT2D eigenvalue weighted by Crippen LogP contribution is -2.29. The fourth-order valence-electron chi connectivity index (χ4n) is 7.04. The molecule has 0 saturated heterocycles. The molecule has 62 heavy (non-hydrogen) atoms. The molecule has 0 heterocycles. The van der Waals surface area contributed by atoms with Crippen LogP contribution in [0.1, 0.15) is 168 Å². The maximum absolute atomic E-state index is 12.8. The molecule has 0 bridgehead atoms. The van der Waals surface area contributed by atoms with Gasteiger partial charge in [0.25, 0.3) is 0 Å². The van der Waals surface area contributed by atoms with Crippen molar-refractivity contribution in [1.82, 2.24) is 0 Å². The maximum atomic E-state index is 12.8. The third kappa shape index (κ3) is 31.9. The summed E-state index contributed by atoms with van der Waals surface area (Å²) in [5.41, 5.74) is 0. The zero-order valence-electron chi connectivity index (χ0n) is 37.6. The lowest BCUT2D eigenvalue weighted by atomic mass is 9.90. The first-order valence-electron chi connectivity index (χ1n) is 23.0. The van der Waals surface area contributed by atoms with Gasteiger partial charge in [-0.15, -0.1) is 0 Å². The summed E-state index contributed by atoms with van der Waals surface area (Å²) in [6.07, 6.45) is 22.6. The fourth-order valence-corrected chi connectivity index (χ4v) is 8.20. The molecule has 362 valence electrons. The zero-order valence-corrected chi connectivity index (χ0v) is 39.4. The highest BCUT2D eigenvalue weighted by atomic mass is 31.2. The highest BCUT2D eigenvalue weighted by Gasteiger charge is 2.39. The number of aliphatic hydroxyl groups is 3. The Balaban J connectivity index is 2.56. The molecular formula is C44H80O16P2. The summed E-state index contributed by atoms with van der Waals surface area (Å²) in [7, 11) is -9.78. The lowest BCUT2D eigenvalue weighted by Gasteiger charge is -2.20. The van der Waals surface area contributed by atoms with Gasteiger partial charge >= 0.3 is 27.6 Å². The van der Waals surface area contributed by atoms with Gasteiger partial charge in [0.05, 0.1) is 32.0 Å². The number of ether oxygens (including phenoxy) is 2. The molecule has 0 aromatic carbocycles. The summed E-state index contributed by atoms with van der Waals surface area (Å²) in [4.78, 5) is 65.5. The quantitative estimate of drug-likeness (QED) is 0.0147. The number of ketones is 1. The van der Waals surface area contributed by atoms with Crippen LogP contribution in [0.25, 0.3) is 0 Å². The Hall–Kier alpha value is -1.81. The summed E-state index contributed by atoms with van der Waals surface area (Å²) in [6, 6.07) is 0. The second-order valence-corrected chi connectivity index (χ2v) is 19.6. The van der Waals surface area contributed by atoms with Crippen LogP contribution in [0, 0.1) is 17.8 Å². The molecule has 0 amide bonds. The molecule has 0 radical (unpaired) electrons. The van der Waals surface area contributed by atoms with Crippen molar-refractivity contribution < 1.29 is 76.6 Å². The number of esters is 2. The summed E-state index contributed by atoms with van der Waals surface area (Å²) in [6.45, 7) is 3.66. The molecule has 0 aromatic heterocycles. The van der Waals surface area contributed by atoms with Gasteiger partial charge in [-0.25, -0.2) is 9.13 Å². The van der Waals surface area contributed by atoms with E-state index in [0.717, 1.165) is 50.9 Å². The van der Waals surface area contributed by atoms with Crippen molar-refractivity contribution in [2.75, 3.05) is 26.4 Å². The number of unbranched alkanes of at least 4 members (excludes halogenated alkanes) is 14. The minimum atomic E-state index is -4.90. The van der Waals surface area contributed by atoms with Crippen LogP contribution in [0.5, 0.6) is 0 Å². The van der Waals surface area contributed by atoms with E-state index >= 15 is 0 Å². The average Bonchev–Trinajstić information content (AvgIpc) is 3.47. The van der Waals surface area contributed by atoms with Crippen molar-refractivity contribution in [3.63, 3.8) is 0 Å². The van der Waals surface area contributed by atoms with Gasteiger partial charge in [-0.3, -0.25) is 28.0 Å². The minimum Gasteiger partial charge on any atom is -0.462 e. The number of allylic oxidation sites excluding steroid dienone is 3. The first-order valence-corrected chi connectivity index (χ1v) is 26.0. The normalized spacial score (nSPS) is 19.6. The molecule has 16 nitrogen and oxygen atoms in total. The van der Waals surface area contributed by atoms with Crippen LogP contribution >= 0.6 is 15.6 Å². The van der Waals surface area contributed by atoms with E-state index in [2.05, 4.69) is 29.8 Å². The van der Waals surface area contributed by atoms with Crippen molar-refractivity contribution in [3.8, 4) is 0 Å². The third-order valence-electron chi connectivity index (χ3n) is 10.6. The molecule has 18 heteroatoms. The largest absolute Gasteiger partial charge is 0.472 e. The number of Topliss-reactive ketones (excluding diaryl/α,β-unsaturated/α-hetero) is 1. The van der Waals surface area contributed by atoms with Crippen LogP contribution in [0.15, 0.2) is 24.3 Å². The molecule has 1 rings (SSSR count). The van der Waals surface area contributed by atoms with E-state index in [1.54, 1.807) is 12.2 Å². The second kappa shape index (κ2) is 34.5. The number of hydrogen-bond donors (Lipinski definition) is 6. The standard InChI is InChI=1S/C44H80O16P2/c1-4-5-18-24-36(45)28-29-40-39(41(47)30-42(40)48)25-20-16-17-22-27-44(50)60-38(34-59-62(54,55)58-32-37(46)31-57-61(51,52)53)33-56-43(49)26-21-15-13-11-9-7-6-8-10-12-14-19-23-35(2)3/h16,20,28-29,35-41,45-47H,4-15,17-19,21-27,30-34H2,1-3H3,(H,54,55)(H2,51,52,53)/b20-16-,29-28+/t36-,37-,38+,39+,40+,41-/m0/s1. The molecule has 0 spiro atoms. The van der Waals surface area contributed by atoms with Crippen molar-refractivity contribution >= 4 is 33.4 Å². The number of rotatable bonds is 39. The summed E-state index contributed by atoms with van der Waals surface area (Å²) in [5.74, 6) is -1.33.